The van der Waals surface area contributed by atoms with Crippen LogP contribution in [0.25, 0.3) is 0 Å². The minimum absolute atomic E-state index is 0.225. The fourth-order valence-electron chi connectivity index (χ4n) is 1.80. The molecule has 0 unspecified atom stereocenters. The molecule has 0 atom stereocenters. The molecule has 1 spiro atoms. The molecule has 0 aromatic rings. The Bertz CT molecular complexity index is 157. The molecule has 0 amide bonds. The topological polar surface area (TPSA) is 29.5 Å². The molecule has 0 saturated carbocycles. The average molecular weight is 155 g/mol. The van der Waals surface area contributed by atoms with Crippen molar-refractivity contribution in [2.24, 2.45) is 0 Å². The first-order valence-electron chi connectivity index (χ1n) is 4.15. The van der Waals surface area contributed by atoms with Crippen molar-refractivity contribution in [2.75, 3.05) is 26.2 Å². The van der Waals surface area contributed by atoms with E-state index in [0.717, 1.165) is 32.5 Å². The predicted octanol–water partition coefficient (Wildman–Crippen LogP) is 0.0501. The van der Waals surface area contributed by atoms with Gasteiger partial charge >= 0.3 is 0 Å². The highest BCUT2D eigenvalue weighted by molar-refractivity contribution is 5.49. The number of likely N-dealkylation sites (tertiary alicyclic amines) is 1. The Kier molecular flexibility index (Phi) is 1.69. The summed E-state index contributed by atoms with van der Waals surface area (Å²) in [5.41, 5.74) is 0.225. The number of nitrogens with zero attached hydrogens (tertiary/aromatic N) is 1. The maximum Gasteiger partial charge on any atom is 0.121 e. The molecule has 11 heavy (non-hydrogen) atoms. The number of hydrogen-bond acceptors (Lipinski definition) is 3. The Hall–Kier alpha value is -0.410. The number of hydrogen-bond donors (Lipinski definition) is 0. The summed E-state index contributed by atoms with van der Waals surface area (Å²) >= 11 is 0. The Morgan fingerprint density at radius 2 is 2.27 bits per heavy atom. The fraction of sp³-hybridized carbons (Fsp3) is 0.875. The second-order valence-corrected chi connectivity index (χ2v) is 3.45. The van der Waals surface area contributed by atoms with Crippen molar-refractivity contribution < 1.29 is 9.53 Å². The van der Waals surface area contributed by atoms with Crippen LogP contribution in [0.3, 0.4) is 0 Å². The molecule has 0 aromatic carbocycles. The molecule has 2 aliphatic rings. The van der Waals surface area contributed by atoms with Crippen LogP contribution in [0.15, 0.2) is 0 Å². The van der Waals surface area contributed by atoms with E-state index in [0.29, 0.717) is 6.42 Å². The van der Waals surface area contributed by atoms with Crippen molar-refractivity contribution in [1.82, 2.24) is 4.90 Å². The van der Waals surface area contributed by atoms with Crippen molar-refractivity contribution in [3.63, 3.8) is 0 Å². The molecule has 3 heteroatoms. The van der Waals surface area contributed by atoms with Gasteiger partial charge in [-0.3, -0.25) is 4.90 Å². The summed E-state index contributed by atoms with van der Waals surface area (Å²) < 4.78 is 5.43. The van der Waals surface area contributed by atoms with E-state index in [-0.39, 0.29) is 5.60 Å². The van der Waals surface area contributed by atoms with Gasteiger partial charge in [-0.25, -0.2) is 0 Å². The molecule has 62 valence electrons. The minimum Gasteiger partial charge on any atom is -0.372 e. The van der Waals surface area contributed by atoms with Gasteiger partial charge in [-0.2, -0.15) is 0 Å². The minimum atomic E-state index is 0.225. The second kappa shape index (κ2) is 2.57. The lowest BCUT2D eigenvalue weighted by atomic mass is 9.86. The number of ether oxygens (including phenoxy) is 1. The van der Waals surface area contributed by atoms with Crippen LogP contribution in [0.5, 0.6) is 0 Å². The Balaban J connectivity index is 1.67. The Morgan fingerprint density at radius 3 is 2.73 bits per heavy atom. The molecule has 2 aliphatic heterocycles. The average Bonchev–Trinajstić information content (AvgIpc) is 1.81. The zero-order chi connectivity index (χ0) is 7.73. The third kappa shape index (κ3) is 1.19. The molecule has 2 fully saturated rings. The molecule has 0 radical (unpaired) electrons. The van der Waals surface area contributed by atoms with Crippen molar-refractivity contribution in [2.45, 2.75) is 18.4 Å². The van der Waals surface area contributed by atoms with E-state index < -0.39 is 0 Å². The fourth-order valence-corrected chi connectivity index (χ4v) is 1.80. The van der Waals surface area contributed by atoms with Crippen LogP contribution in [-0.4, -0.2) is 43.0 Å². The molecule has 2 rings (SSSR count). The quantitative estimate of drug-likeness (QED) is 0.539. The largest absolute Gasteiger partial charge is 0.372 e. The van der Waals surface area contributed by atoms with Crippen LogP contribution in [-0.2, 0) is 9.53 Å². The summed E-state index contributed by atoms with van der Waals surface area (Å²) in [5, 5.41) is 0. The van der Waals surface area contributed by atoms with Gasteiger partial charge in [-0.15, -0.1) is 0 Å². The monoisotopic (exact) mass is 155 g/mol. The summed E-state index contributed by atoms with van der Waals surface area (Å²) in [5.74, 6) is 0. The number of aldehydes is 1. The van der Waals surface area contributed by atoms with Gasteiger partial charge in [-0.05, 0) is 0 Å². The molecule has 2 heterocycles. The molecule has 0 aliphatic carbocycles. The maximum absolute atomic E-state index is 10.0. The van der Waals surface area contributed by atoms with Crippen LogP contribution in [0.1, 0.15) is 12.8 Å². The lowest BCUT2D eigenvalue weighted by Gasteiger charge is -2.55. The van der Waals surface area contributed by atoms with Crippen LogP contribution in [0.2, 0.25) is 0 Å². The SMILES string of the molecule is O=CCCN1CC2(CCO2)C1. The van der Waals surface area contributed by atoms with E-state index in [1.54, 1.807) is 0 Å². The standard InChI is InChI=1S/C8H13NO2/c10-4-1-3-9-6-8(7-9)2-5-11-8/h4H,1-3,5-7H2. The van der Waals surface area contributed by atoms with Gasteiger partial charge in [0, 0.05) is 32.5 Å². The van der Waals surface area contributed by atoms with E-state index in [2.05, 4.69) is 4.90 Å². The normalized spacial score (nSPS) is 27.6. The van der Waals surface area contributed by atoms with Crippen LogP contribution in [0, 0.1) is 0 Å². The number of rotatable bonds is 3. The molecule has 2 saturated heterocycles. The maximum atomic E-state index is 10.0. The van der Waals surface area contributed by atoms with Crippen molar-refractivity contribution >= 4 is 6.29 Å². The molecule has 0 bridgehead atoms. The summed E-state index contributed by atoms with van der Waals surface area (Å²) in [7, 11) is 0. The van der Waals surface area contributed by atoms with Gasteiger partial charge in [0.2, 0.25) is 0 Å². The highest BCUT2D eigenvalue weighted by atomic mass is 16.5. The first-order chi connectivity index (χ1) is 5.35. The van der Waals surface area contributed by atoms with Crippen molar-refractivity contribution in [1.29, 1.82) is 0 Å². The molecular weight excluding hydrogens is 142 g/mol. The van der Waals surface area contributed by atoms with E-state index >= 15 is 0 Å². The molecule has 3 nitrogen and oxygen atoms in total. The first-order valence-corrected chi connectivity index (χ1v) is 4.15. The van der Waals surface area contributed by atoms with Crippen LogP contribution >= 0.6 is 0 Å². The lowest BCUT2D eigenvalue weighted by molar-refractivity contribution is -0.221. The smallest absolute Gasteiger partial charge is 0.121 e. The number of carbonyl (C=O) groups is 1. The van der Waals surface area contributed by atoms with Gasteiger partial charge in [0.15, 0.2) is 0 Å². The summed E-state index contributed by atoms with van der Waals surface area (Å²) in [6, 6.07) is 0. The van der Waals surface area contributed by atoms with E-state index in [9.17, 15) is 4.79 Å². The summed E-state index contributed by atoms with van der Waals surface area (Å²) in [6.07, 6.45) is 2.85. The highest BCUT2D eigenvalue weighted by Gasteiger charge is 2.48. The predicted molar refractivity (Wildman–Crippen MR) is 40.4 cm³/mol. The van der Waals surface area contributed by atoms with Gasteiger partial charge in [0.1, 0.15) is 6.29 Å². The van der Waals surface area contributed by atoms with Gasteiger partial charge in [-0.1, -0.05) is 0 Å². The van der Waals surface area contributed by atoms with E-state index in [1.807, 2.05) is 0 Å². The zero-order valence-corrected chi connectivity index (χ0v) is 6.58. The van der Waals surface area contributed by atoms with Crippen molar-refractivity contribution in [3.05, 3.63) is 0 Å². The molecule has 0 aromatic heterocycles. The Labute approximate surface area is 66.3 Å². The van der Waals surface area contributed by atoms with Gasteiger partial charge in [0.05, 0.1) is 12.2 Å². The Morgan fingerprint density at radius 1 is 1.55 bits per heavy atom. The zero-order valence-electron chi connectivity index (χ0n) is 6.58. The van der Waals surface area contributed by atoms with E-state index in [1.165, 1.54) is 6.42 Å². The van der Waals surface area contributed by atoms with Crippen LogP contribution < -0.4 is 0 Å². The third-order valence-electron chi connectivity index (χ3n) is 2.55. The first kappa shape index (κ1) is 7.25. The third-order valence-corrected chi connectivity index (χ3v) is 2.55. The van der Waals surface area contributed by atoms with Gasteiger partial charge < -0.3 is 9.53 Å². The van der Waals surface area contributed by atoms with E-state index in [4.69, 9.17) is 4.74 Å². The lowest BCUT2D eigenvalue weighted by Crippen LogP contribution is -2.68. The van der Waals surface area contributed by atoms with Crippen molar-refractivity contribution in [3.8, 4) is 0 Å². The number of carbonyl (C=O) groups excluding carboxylic acids is 1. The summed E-state index contributed by atoms with van der Waals surface area (Å²) in [6.45, 7) is 3.93. The molecule has 0 N–H and O–H groups in total. The highest BCUT2D eigenvalue weighted by Crippen LogP contribution is 2.35. The second-order valence-electron chi connectivity index (χ2n) is 3.45. The molecular formula is C8H13NO2. The van der Waals surface area contributed by atoms with Crippen LogP contribution in [0.4, 0.5) is 0 Å². The van der Waals surface area contributed by atoms with Gasteiger partial charge in [0.25, 0.3) is 0 Å². The summed E-state index contributed by atoms with van der Waals surface area (Å²) in [4.78, 5) is 12.3.